The van der Waals surface area contributed by atoms with Crippen LogP contribution in [-0.4, -0.2) is 4.57 Å². The number of hydrogen-bond acceptors (Lipinski definition) is 1. The molecule has 2 nitrogen and oxygen atoms in total. The highest BCUT2D eigenvalue weighted by Crippen LogP contribution is 2.64. The van der Waals surface area contributed by atoms with E-state index >= 15 is 0 Å². The van der Waals surface area contributed by atoms with Crippen molar-refractivity contribution in [1.82, 2.24) is 4.57 Å². The minimum atomic E-state index is -0.520. The maximum absolute atomic E-state index is 2.52. The van der Waals surface area contributed by atoms with Gasteiger partial charge in [0, 0.05) is 27.8 Å². The summed E-state index contributed by atoms with van der Waals surface area (Å²) in [6, 6.07) is 105. The van der Waals surface area contributed by atoms with Gasteiger partial charge in [-0.05, 0) is 155 Å². The molecule has 13 aromatic rings. The summed E-state index contributed by atoms with van der Waals surface area (Å²) in [6.45, 7) is 0. The van der Waals surface area contributed by atoms with Crippen molar-refractivity contribution in [3.63, 3.8) is 0 Å². The molecule has 0 saturated carbocycles. The molecule has 0 saturated heterocycles. The Morgan fingerprint density at radius 2 is 0.684 bits per heavy atom. The molecule has 0 N–H and O–H groups in total. The maximum atomic E-state index is 2.52. The molecule has 0 bridgehead atoms. The van der Waals surface area contributed by atoms with Crippen molar-refractivity contribution >= 4 is 38.9 Å². The van der Waals surface area contributed by atoms with Crippen molar-refractivity contribution in [2.24, 2.45) is 0 Å². The summed E-state index contributed by atoms with van der Waals surface area (Å²) in [6.07, 6.45) is 0. The highest BCUT2D eigenvalue weighted by molar-refractivity contribution is 6.13. The van der Waals surface area contributed by atoms with Gasteiger partial charge in [0.2, 0.25) is 0 Å². The van der Waals surface area contributed by atoms with Gasteiger partial charge in [-0.15, -0.1) is 0 Å². The summed E-state index contributed by atoms with van der Waals surface area (Å²) in [5, 5.41) is 2.57. The minimum Gasteiger partial charge on any atom is -0.310 e. The van der Waals surface area contributed by atoms with Crippen molar-refractivity contribution < 1.29 is 0 Å². The van der Waals surface area contributed by atoms with E-state index in [-0.39, 0.29) is 0 Å². The second-order valence-electron chi connectivity index (χ2n) is 21.0. The molecule has 0 radical (unpaired) electrons. The fourth-order valence-electron chi connectivity index (χ4n) is 14.7. The summed E-state index contributed by atoms with van der Waals surface area (Å²) < 4.78 is 2.52. The lowest BCUT2D eigenvalue weighted by Gasteiger charge is -2.39. The Labute approximate surface area is 441 Å². The molecule has 2 heterocycles. The first kappa shape index (κ1) is 41.7. The van der Waals surface area contributed by atoms with Crippen molar-refractivity contribution in [2.45, 2.75) is 10.8 Å². The number of aromatic nitrogens is 1. The molecule has 4 aliphatic rings. The monoisotopic (exact) mass is 962 g/mol. The Morgan fingerprint density at radius 3 is 1.37 bits per heavy atom. The first-order valence-corrected chi connectivity index (χ1v) is 26.6. The molecule has 0 fully saturated rings. The van der Waals surface area contributed by atoms with Gasteiger partial charge in [0.05, 0.1) is 27.6 Å². The van der Waals surface area contributed by atoms with E-state index in [0.717, 1.165) is 17.1 Å². The molecule has 1 unspecified atom stereocenters. The van der Waals surface area contributed by atoms with E-state index in [0.29, 0.717) is 0 Å². The van der Waals surface area contributed by atoms with Crippen LogP contribution in [0.1, 0.15) is 44.5 Å². The molecule has 2 heteroatoms. The van der Waals surface area contributed by atoms with Gasteiger partial charge in [-0.2, -0.15) is 0 Å². The third-order valence-electron chi connectivity index (χ3n) is 17.6. The quantitative estimate of drug-likeness (QED) is 0.167. The van der Waals surface area contributed by atoms with Crippen molar-refractivity contribution in [1.29, 1.82) is 0 Å². The molecule has 1 atom stereocenters. The number of hydrogen-bond donors (Lipinski definition) is 0. The lowest BCUT2D eigenvalue weighted by Crippen LogP contribution is -2.33. The summed E-state index contributed by atoms with van der Waals surface area (Å²) in [5.41, 5.74) is 29.3. The van der Waals surface area contributed by atoms with Gasteiger partial charge in [-0.1, -0.05) is 224 Å². The SMILES string of the molecule is c1ccc(-c2cccc(N(c3ccc(-c4ccc5c(c4)C4(c6ccccc6-5)c5ccccc5-n5c6ccccc6c6cccc4c65)cc3)c3ccc4c(c3)C3(c5ccccc5-c5ccccc53)c3ccccc3-4)c2)cc1. The fraction of sp³-hybridized carbons (Fsp3) is 0.0270. The molecule has 3 aliphatic carbocycles. The number of anilines is 3. The van der Waals surface area contributed by atoms with Crippen LogP contribution in [0, 0.1) is 0 Å². The third kappa shape index (κ3) is 5.30. The van der Waals surface area contributed by atoms with Crippen molar-refractivity contribution in [3.05, 3.63) is 324 Å². The Morgan fingerprint density at radius 1 is 0.250 bits per heavy atom. The third-order valence-corrected chi connectivity index (χ3v) is 17.6. The molecule has 76 heavy (non-hydrogen) atoms. The molecule has 2 spiro atoms. The van der Waals surface area contributed by atoms with Crippen LogP contribution in [0.25, 0.3) is 83.1 Å². The lowest BCUT2D eigenvalue weighted by atomic mass is 9.65. The van der Waals surface area contributed by atoms with Crippen molar-refractivity contribution in [3.8, 4) is 61.3 Å². The van der Waals surface area contributed by atoms with Crippen LogP contribution in [0.5, 0.6) is 0 Å². The fourth-order valence-corrected chi connectivity index (χ4v) is 14.7. The molecule has 12 aromatic carbocycles. The van der Waals surface area contributed by atoms with Crippen molar-refractivity contribution in [2.75, 3.05) is 4.90 Å². The van der Waals surface area contributed by atoms with Crippen LogP contribution >= 0.6 is 0 Å². The van der Waals surface area contributed by atoms with Crippen LogP contribution in [0.15, 0.2) is 279 Å². The molecular weight excluding hydrogens is 917 g/mol. The molecule has 352 valence electrons. The zero-order valence-corrected chi connectivity index (χ0v) is 41.5. The van der Waals surface area contributed by atoms with E-state index in [9.17, 15) is 0 Å². The summed E-state index contributed by atoms with van der Waals surface area (Å²) in [7, 11) is 0. The molecule has 1 aromatic heterocycles. The van der Waals surface area contributed by atoms with E-state index in [1.165, 1.54) is 128 Å². The smallest absolute Gasteiger partial charge is 0.0754 e. The molecular formula is C74H46N2. The summed E-state index contributed by atoms with van der Waals surface area (Å²) >= 11 is 0. The van der Waals surface area contributed by atoms with E-state index in [2.05, 4.69) is 289 Å². The van der Waals surface area contributed by atoms with Gasteiger partial charge in [0.25, 0.3) is 0 Å². The van der Waals surface area contributed by atoms with Crippen LogP contribution in [0.4, 0.5) is 17.1 Å². The van der Waals surface area contributed by atoms with Gasteiger partial charge in [-0.25, -0.2) is 0 Å². The normalized spacial score (nSPS) is 15.3. The molecule has 0 amide bonds. The number of rotatable bonds is 5. The van der Waals surface area contributed by atoms with Gasteiger partial charge in [0.15, 0.2) is 0 Å². The second kappa shape index (κ2) is 15.4. The zero-order valence-electron chi connectivity index (χ0n) is 41.5. The zero-order chi connectivity index (χ0) is 49.7. The topological polar surface area (TPSA) is 8.17 Å². The number of nitrogens with zero attached hydrogens (tertiary/aromatic N) is 2. The van der Waals surface area contributed by atoms with Crippen LogP contribution in [-0.2, 0) is 10.8 Å². The van der Waals surface area contributed by atoms with E-state index in [4.69, 9.17) is 0 Å². The average molecular weight is 963 g/mol. The standard InChI is InChI=1S/C74H46N2/c1-2-18-47(19-3-1)49-20-16-21-52(44-49)75(53-41-43-59-57-25-6-11-30-64(57)73(69(59)46-53)62-28-9-4-22-54(62)55-23-5-10-29-63(55)73)51-39-36-48(37-40-51)50-38-42-58-56-24-7-12-31-65(56)74(68(58)45-50)66-32-13-15-35-71(66)76-70-34-14-8-26-60(70)61-27-17-33-67(74)72(61)76/h1-46H. The molecule has 1 aliphatic heterocycles. The predicted octanol–water partition coefficient (Wildman–Crippen LogP) is 18.6. The average Bonchev–Trinajstić information content (AvgIpc) is 4.29. The Hall–Kier alpha value is -9.76. The van der Waals surface area contributed by atoms with Gasteiger partial charge in [0.1, 0.15) is 0 Å². The second-order valence-corrected chi connectivity index (χ2v) is 21.0. The first-order valence-electron chi connectivity index (χ1n) is 26.6. The summed E-state index contributed by atoms with van der Waals surface area (Å²) in [4.78, 5) is 2.47. The lowest BCUT2D eigenvalue weighted by molar-refractivity contribution is 0.749. The van der Waals surface area contributed by atoms with Gasteiger partial charge >= 0.3 is 0 Å². The Kier molecular flexibility index (Phi) is 8.44. The van der Waals surface area contributed by atoms with Crippen LogP contribution in [0.3, 0.4) is 0 Å². The van der Waals surface area contributed by atoms with Gasteiger partial charge in [-0.3, -0.25) is 0 Å². The van der Waals surface area contributed by atoms with E-state index < -0.39 is 10.8 Å². The highest BCUT2D eigenvalue weighted by atomic mass is 15.1. The van der Waals surface area contributed by atoms with E-state index in [1.54, 1.807) is 0 Å². The first-order chi connectivity index (χ1) is 37.7. The van der Waals surface area contributed by atoms with Crippen LogP contribution < -0.4 is 4.90 Å². The summed E-state index contributed by atoms with van der Waals surface area (Å²) in [5.74, 6) is 0. The largest absolute Gasteiger partial charge is 0.310 e. The highest BCUT2D eigenvalue weighted by Gasteiger charge is 2.53. The molecule has 17 rings (SSSR count). The number of benzene rings is 12. The van der Waals surface area contributed by atoms with Gasteiger partial charge < -0.3 is 9.47 Å². The Balaban J connectivity index is 0.850. The minimum absolute atomic E-state index is 0.456. The maximum Gasteiger partial charge on any atom is 0.0754 e. The van der Waals surface area contributed by atoms with E-state index in [1.807, 2.05) is 0 Å². The Bertz CT molecular complexity index is 4530. The predicted molar refractivity (Wildman–Crippen MR) is 313 cm³/mol. The van der Waals surface area contributed by atoms with Crippen LogP contribution in [0.2, 0.25) is 0 Å². The number of para-hydroxylation sites is 3. The number of fused-ring (bicyclic) bond motifs is 22.